The molecule has 5 nitrogen and oxygen atoms in total. The number of nitrogens with zero attached hydrogens (tertiary/aromatic N) is 1. The van der Waals surface area contributed by atoms with Gasteiger partial charge in [0.15, 0.2) is 0 Å². The van der Waals surface area contributed by atoms with E-state index in [1.165, 1.54) is 11.3 Å². The molecular weight excluding hydrogens is 374 g/mol. The van der Waals surface area contributed by atoms with Crippen LogP contribution in [0.25, 0.3) is 21.9 Å². The number of carbonyl (C=O) groups is 1. The van der Waals surface area contributed by atoms with Crippen LogP contribution >= 0.6 is 11.3 Å². The zero-order valence-corrected chi connectivity index (χ0v) is 16.5. The van der Waals surface area contributed by atoms with Crippen LogP contribution in [-0.4, -0.2) is 23.7 Å². The number of fused-ring (bicyclic) bond motifs is 2. The number of hydrogen-bond donors (Lipinski definition) is 0. The predicted octanol–water partition coefficient (Wildman–Crippen LogP) is 3.70. The fraction of sp³-hybridized carbons (Fsp3) is 0.273. The van der Waals surface area contributed by atoms with Crippen LogP contribution in [0.15, 0.2) is 36.4 Å². The van der Waals surface area contributed by atoms with Crippen molar-refractivity contribution in [3.63, 3.8) is 0 Å². The number of aromatic nitrogens is 1. The van der Waals surface area contributed by atoms with Gasteiger partial charge in [0.2, 0.25) is 0 Å². The molecule has 6 heteroatoms. The van der Waals surface area contributed by atoms with Gasteiger partial charge in [-0.25, -0.2) is 4.98 Å². The minimum Gasteiger partial charge on any atom is -0.550 e. The fourth-order valence-corrected chi connectivity index (χ4v) is 4.37. The minimum atomic E-state index is -1.14. The Bertz CT molecular complexity index is 1040. The number of para-hydroxylation sites is 1. The maximum Gasteiger partial charge on any atom is 0.127 e. The molecule has 1 atom stereocenters. The number of hydrogen-bond acceptors (Lipinski definition) is 6. The summed E-state index contributed by atoms with van der Waals surface area (Å²) in [6.45, 7) is 4.47. The third kappa shape index (κ3) is 3.73. The predicted molar refractivity (Wildman–Crippen MR) is 109 cm³/mol. The van der Waals surface area contributed by atoms with Crippen molar-refractivity contribution in [2.45, 2.75) is 32.8 Å². The number of rotatable bonds is 6. The summed E-state index contributed by atoms with van der Waals surface area (Å²) in [6.07, 6.45) is 2.56. The smallest absolute Gasteiger partial charge is 0.127 e. The van der Waals surface area contributed by atoms with Crippen LogP contribution in [0.4, 0.5) is 0 Å². The summed E-state index contributed by atoms with van der Waals surface area (Å²) in [4.78, 5) is 16.0. The van der Waals surface area contributed by atoms with Crippen LogP contribution in [0.1, 0.15) is 36.4 Å². The first-order valence-electron chi connectivity index (χ1n) is 9.26. The topological polar surface area (TPSA) is 71.5 Å². The van der Waals surface area contributed by atoms with E-state index in [-0.39, 0.29) is 12.5 Å². The molecule has 144 valence electrons. The molecule has 0 spiro atoms. The lowest BCUT2D eigenvalue weighted by Crippen LogP contribution is -2.22. The van der Waals surface area contributed by atoms with E-state index < -0.39 is 5.97 Å². The summed E-state index contributed by atoms with van der Waals surface area (Å²) in [5.74, 6) is 0.393. The highest BCUT2D eigenvalue weighted by molar-refractivity contribution is 7.19. The van der Waals surface area contributed by atoms with Gasteiger partial charge in [-0.1, -0.05) is 12.1 Å². The molecule has 2 heterocycles. The van der Waals surface area contributed by atoms with E-state index in [0.29, 0.717) is 17.2 Å². The van der Waals surface area contributed by atoms with Gasteiger partial charge < -0.3 is 19.4 Å². The molecule has 0 unspecified atom stereocenters. The largest absolute Gasteiger partial charge is 0.550 e. The van der Waals surface area contributed by atoms with Crippen molar-refractivity contribution in [2.75, 3.05) is 6.61 Å². The standard InChI is InChI=1S/C22H21NO4S/c1-3-26-18-10-14-8-13(2)27-19(14)11-15(18)9-16(12-21(24)25)22-23-17-6-4-5-7-20(17)28-22/h4-7,9-11,13H,3,8,12H2,1-2H3,(H,24,25)/p-1/b16-9+/t13-/m1/s1. The van der Waals surface area contributed by atoms with Gasteiger partial charge in [0.05, 0.1) is 16.8 Å². The lowest BCUT2D eigenvalue weighted by atomic mass is 10.0. The average molecular weight is 394 g/mol. The van der Waals surface area contributed by atoms with E-state index in [4.69, 9.17) is 9.47 Å². The second-order valence-corrected chi connectivity index (χ2v) is 7.80. The van der Waals surface area contributed by atoms with Gasteiger partial charge >= 0.3 is 0 Å². The Labute approximate surface area is 167 Å². The quantitative estimate of drug-likeness (QED) is 0.637. The molecule has 0 amide bonds. The van der Waals surface area contributed by atoms with Crippen LogP contribution in [0.3, 0.4) is 0 Å². The molecule has 28 heavy (non-hydrogen) atoms. The Hall–Kier alpha value is -2.86. The maximum absolute atomic E-state index is 11.4. The molecule has 0 saturated heterocycles. The number of carboxylic acid groups (broad SMARTS) is 1. The van der Waals surface area contributed by atoms with Crippen molar-refractivity contribution in [1.29, 1.82) is 0 Å². The Morgan fingerprint density at radius 2 is 2.21 bits per heavy atom. The van der Waals surface area contributed by atoms with E-state index in [1.54, 1.807) is 0 Å². The van der Waals surface area contributed by atoms with Gasteiger partial charge in [-0.05, 0) is 49.8 Å². The second-order valence-electron chi connectivity index (χ2n) is 6.77. The van der Waals surface area contributed by atoms with Crippen LogP contribution in [0, 0.1) is 0 Å². The number of benzene rings is 2. The Kier molecular flexibility index (Phi) is 5.05. The first kappa shape index (κ1) is 18.5. The summed E-state index contributed by atoms with van der Waals surface area (Å²) in [5, 5.41) is 12.1. The lowest BCUT2D eigenvalue weighted by molar-refractivity contribution is -0.304. The van der Waals surface area contributed by atoms with Gasteiger partial charge in [0.1, 0.15) is 22.6 Å². The van der Waals surface area contributed by atoms with Gasteiger partial charge in [-0.15, -0.1) is 11.3 Å². The van der Waals surface area contributed by atoms with Crippen molar-refractivity contribution in [3.05, 3.63) is 52.5 Å². The molecule has 0 bridgehead atoms. The molecule has 0 fully saturated rings. The van der Waals surface area contributed by atoms with Crippen LogP contribution < -0.4 is 14.6 Å². The van der Waals surface area contributed by atoms with Gasteiger partial charge in [-0.3, -0.25) is 0 Å². The monoisotopic (exact) mass is 394 g/mol. The Morgan fingerprint density at radius 3 is 2.96 bits per heavy atom. The highest BCUT2D eigenvalue weighted by Crippen LogP contribution is 2.38. The molecule has 3 aromatic rings. The van der Waals surface area contributed by atoms with Crippen molar-refractivity contribution in [1.82, 2.24) is 4.98 Å². The average Bonchev–Trinajstić information content (AvgIpc) is 3.23. The first-order valence-corrected chi connectivity index (χ1v) is 10.1. The summed E-state index contributed by atoms with van der Waals surface area (Å²) in [6, 6.07) is 11.7. The molecule has 1 aliphatic heterocycles. The zero-order valence-electron chi connectivity index (χ0n) is 15.7. The zero-order chi connectivity index (χ0) is 19.7. The van der Waals surface area contributed by atoms with E-state index in [9.17, 15) is 9.90 Å². The Balaban J connectivity index is 1.82. The SMILES string of the molecule is CCOc1cc2c(cc1/C=C(\CC(=O)[O-])c1nc3ccccc3s1)O[C@H](C)C2. The lowest BCUT2D eigenvalue weighted by Gasteiger charge is -2.12. The summed E-state index contributed by atoms with van der Waals surface area (Å²) in [7, 11) is 0. The van der Waals surface area contributed by atoms with Gasteiger partial charge in [0, 0.05) is 29.9 Å². The van der Waals surface area contributed by atoms with Crippen molar-refractivity contribution < 1.29 is 19.4 Å². The summed E-state index contributed by atoms with van der Waals surface area (Å²) in [5.41, 5.74) is 3.33. The van der Waals surface area contributed by atoms with Crippen LogP contribution in [0.5, 0.6) is 11.5 Å². The Morgan fingerprint density at radius 1 is 1.39 bits per heavy atom. The van der Waals surface area contributed by atoms with E-state index in [2.05, 4.69) is 4.98 Å². The second kappa shape index (κ2) is 7.64. The van der Waals surface area contributed by atoms with Crippen molar-refractivity contribution in [2.24, 2.45) is 0 Å². The first-order chi connectivity index (χ1) is 13.5. The molecule has 2 aromatic carbocycles. The molecule has 1 aliphatic rings. The number of thiazole rings is 1. The number of carboxylic acids is 1. The molecule has 0 radical (unpaired) electrons. The van der Waals surface area contributed by atoms with Crippen LogP contribution in [-0.2, 0) is 11.2 Å². The number of carbonyl (C=O) groups excluding carboxylic acids is 1. The molecule has 0 N–H and O–H groups in total. The fourth-order valence-electron chi connectivity index (χ4n) is 3.39. The van der Waals surface area contributed by atoms with E-state index >= 15 is 0 Å². The van der Waals surface area contributed by atoms with Crippen molar-refractivity contribution in [3.8, 4) is 11.5 Å². The number of ether oxygens (including phenoxy) is 2. The molecule has 1 aromatic heterocycles. The summed E-state index contributed by atoms with van der Waals surface area (Å²) >= 11 is 1.47. The van der Waals surface area contributed by atoms with Gasteiger partial charge in [-0.2, -0.15) is 0 Å². The van der Waals surface area contributed by atoms with Crippen LogP contribution in [0.2, 0.25) is 0 Å². The van der Waals surface area contributed by atoms with Crippen molar-refractivity contribution >= 4 is 39.2 Å². The molecular formula is C22H20NO4S-. The normalized spacial score (nSPS) is 16.1. The molecule has 4 rings (SSSR count). The summed E-state index contributed by atoms with van der Waals surface area (Å²) < 4.78 is 12.7. The minimum absolute atomic E-state index is 0.121. The molecule has 0 saturated carbocycles. The maximum atomic E-state index is 11.4. The number of aliphatic carboxylic acids is 1. The van der Waals surface area contributed by atoms with E-state index in [0.717, 1.165) is 39.3 Å². The molecule has 0 aliphatic carbocycles. The highest BCUT2D eigenvalue weighted by Gasteiger charge is 2.22. The van der Waals surface area contributed by atoms with E-state index in [1.807, 2.05) is 56.3 Å². The third-order valence-corrected chi connectivity index (χ3v) is 5.67. The van der Waals surface area contributed by atoms with Gasteiger partial charge in [0.25, 0.3) is 0 Å². The highest BCUT2D eigenvalue weighted by atomic mass is 32.1. The third-order valence-electron chi connectivity index (χ3n) is 4.56.